The van der Waals surface area contributed by atoms with Crippen LogP contribution in [0, 0.1) is 5.82 Å². The average Bonchev–Trinajstić information content (AvgIpc) is 3.54. The maximum Gasteiger partial charge on any atom is 0.317 e. The number of hydrogen-bond donors (Lipinski definition) is 1. The van der Waals surface area contributed by atoms with Crippen molar-refractivity contribution in [2.45, 2.75) is 25.2 Å². The van der Waals surface area contributed by atoms with Gasteiger partial charge in [-0.1, -0.05) is 30.3 Å². The van der Waals surface area contributed by atoms with E-state index in [1.54, 1.807) is 6.07 Å². The minimum absolute atomic E-state index is 0.0645. The molecular formula is C23H28FN3O2. The summed E-state index contributed by atoms with van der Waals surface area (Å²) in [7, 11) is 0. The van der Waals surface area contributed by atoms with Crippen molar-refractivity contribution in [1.29, 1.82) is 0 Å². The number of amides is 2. The van der Waals surface area contributed by atoms with Gasteiger partial charge in [-0.05, 0) is 43.5 Å². The predicted octanol–water partition coefficient (Wildman–Crippen LogP) is 3.79. The molecule has 0 radical (unpaired) electrons. The molecule has 1 N–H and O–H groups in total. The number of para-hydroxylation sites is 2. The summed E-state index contributed by atoms with van der Waals surface area (Å²) < 4.78 is 19.9. The van der Waals surface area contributed by atoms with Crippen LogP contribution in [-0.4, -0.2) is 50.3 Å². The van der Waals surface area contributed by atoms with Crippen molar-refractivity contribution < 1.29 is 13.9 Å². The van der Waals surface area contributed by atoms with Gasteiger partial charge < -0.3 is 19.9 Å². The van der Waals surface area contributed by atoms with Crippen molar-refractivity contribution in [1.82, 2.24) is 10.2 Å². The van der Waals surface area contributed by atoms with Crippen molar-refractivity contribution in [2.24, 2.45) is 0 Å². The Bertz CT molecular complexity index is 861. The zero-order chi connectivity index (χ0) is 20.3. The summed E-state index contributed by atoms with van der Waals surface area (Å²) in [5.41, 5.74) is 1.56. The van der Waals surface area contributed by atoms with Gasteiger partial charge >= 0.3 is 6.03 Å². The van der Waals surface area contributed by atoms with Crippen LogP contribution in [0.15, 0.2) is 48.5 Å². The number of benzene rings is 2. The Hall–Kier alpha value is -2.76. The topological polar surface area (TPSA) is 44.8 Å². The number of urea groups is 1. The quantitative estimate of drug-likeness (QED) is 0.807. The molecule has 5 nitrogen and oxygen atoms in total. The molecule has 29 heavy (non-hydrogen) atoms. The lowest BCUT2D eigenvalue weighted by Crippen LogP contribution is -2.52. The van der Waals surface area contributed by atoms with E-state index in [4.69, 9.17) is 4.74 Å². The molecule has 4 rings (SSSR count). The predicted molar refractivity (Wildman–Crippen MR) is 112 cm³/mol. The van der Waals surface area contributed by atoms with Crippen molar-refractivity contribution in [3.8, 4) is 5.75 Å². The Labute approximate surface area is 171 Å². The molecule has 0 unspecified atom stereocenters. The fourth-order valence-electron chi connectivity index (χ4n) is 4.09. The van der Waals surface area contributed by atoms with E-state index in [1.165, 1.54) is 6.07 Å². The molecule has 1 aliphatic carbocycles. The van der Waals surface area contributed by atoms with E-state index < -0.39 is 0 Å². The summed E-state index contributed by atoms with van der Waals surface area (Å²) in [6.45, 7) is 5.92. The van der Waals surface area contributed by atoms with Gasteiger partial charge in [0, 0.05) is 38.1 Å². The van der Waals surface area contributed by atoms with Gasteiger partial charge in [-0.3, -0.25) is 0 Å². The molecule has 1 saturated heterocycles. The van der Waals surface area contributed by atoms with E-state index in [2.05, 4.69) is 16.3 Å². The zero-order valence-corrected chi connectivity index (χ0v) is 16.9. The van der Waals surface area contributed by atoms with E-state index in [9.17, 15) is 9.18 Å². The van der Waals surface area contributed by atoms with E-state index >= 15 is 0 Å². The highest BCUT2D eigenvalue weighted by Crippen LogP contribution is 2.48. The number of rotatable bonds is 6. The first kappa shape index (κ1) is 19.6. The van der Waals surface area contributed by atoms with Gasteiger partial charge in [0.2, 0.25) is 0 Å². The second kappa shape index (κ2) is 8.31. The molecule has 2 aromatic rings. The summed E-state index contributed by atoms with van der Waals surface area (Å²) in [4.78, 5) is 16.8. The van der Waals surface area contributed by atoms with Crippen LogP contribution < -0.4 is 15.0 Å². The largest absolute Gasteiger partial charge is 0.492 e. The Morgan fingerprint density at radius 1 is 1.07 bits per heavy atom. The number of anilines is 1. The highest BCUT2D eigenvalue weighted by Gasteiger charge is 2.46. The number of ether oxygens (including phenoxy) is 1. The normalized spacial score (nSPS) is 17.7. The molecule has 1 heterocycles. The van der Waals surface area contributed by atoms with Crippen LogP contribution in [0.1, 0.15) is 25.3 Å². The Morgan fingerprint density at radius 2 is 1.76 bits per heavy atom. The molecule has 6 heteroatoms. The van der Waals surface area contributed by atoms with E-state index in [1.807, 2.05) is 42.2 Å². The monoisotopic (exact) mass is 397 g/mol. The Kier molecular flexibility index (Phi) is 5.60. The minimum Gasteiger partial charge on any atom is -0.492 e. The smallest absolute Gasteiger partial charge is 0.317 e. The fourth-order valence-corrected chi connectivity index (χ4v) is 4.09. The third kappa shape index (κ3) is 4.16. The lowest BCUT2D eigenvalue weighted by Gasteiger charge is -2.37. The van der Waals surface area contributed by atoms with Gasteiger partial charge in [-0.2, -0.15) is 0 Å². The van der Waals surface area contributed by atoms with Gasteiger partial charge in [0.1, 0.15) is 11.6 Å². The van der Waals surface area contributed by atoms with Crippen LogP contribution in [0.5, 0.6) is 5.75 Å². The number of halogens is 1. The number of nitrogens with zero attached hydrogens (tertiary/aromatic N) is 2. The van der Waals surface area contributed by atoms with Crippen LogP contribution in [0.25, 0.3) is 0 Å². The molecule has 0 bridgehead atoms. The number of hydrogen-bond acceptors (Lipinski definition) is 3. The SMILES string of the molecule is CCOc1ccccc1N1CCN(C(=O)NCC2(c3ccccc3F)CC2)CC1. The first-order valence-corrected chi connectivity index (χ1v) is 10.4. The second-order valence-electron chi connectivity index (χ2n) is 7.79. The van der Waals surface area contributed by atoms with Crippen LogP contribution in [-0.2, 0) is 5.41 Å². The second-order valence-corrected chi connectivity index (χ2v) is 7.79. The number of carbonyl (C=O) groups excluding carboxylic acids is 1. The van der Waals surface area contributed by atoms with Gasteiger partial charge in [-0.25, -0.2) is 9.18 Å². The third-order valence-electron chi connectivity index (χ3n) is 5.95. The van der Waals surface area contributed by atoms with Gasteiger partial charge in [0.15, 0.2) is 0 Å². The lowest BCUT2D eigenvalue weighted by molar-refractivity contribution is 0.193. The van der Waals surface area contributed by atoms with Crippen molar-refractivity contribution >= 4 is 11.7 Å². The number of carbonyl (C=O) groups is 1. The highest BCUT2D eigenvalue weighted by atomic mass is 19.1. The van der Waals surface area contributed by atoms with Gasteiger partial charge in [0.25, 0.3) is 0 Å². The third-order valence-corrected chi connectivity index (χ3v) is 5.95. The van der Waals surface area contributed by atoms with Gasteiger partial charge in [-0.15, -0.1) is 0 Å². The zero-order valence-electron chi connectivity index (χ0n) is 16.9. The number of nitrogens with one attached hydrogen (secondary N) is 1. The summed E-state index contributed by atoms with van der Waals surface area (Å²) in [6, 6.07) is 14.9. The average molecular weight is 397 g/mol. The maximum atomic E-state index is 14.2. The summed E-state index contributed by atoms with van der Waals surface area (Å²) in [5.74, 6) is 0.703. The van der Waals surface area contributed by atoms with Crippen molar-refractivity contribution in [2.75, 3.05) is 44.2 Å². The van der Waals surface area contributed by atoms with Crippen LogP contribution >= 0.6 is 0 Å². The van der Waals surface area contributed by atoms with E-state index in [0.29, 0.717) is 26.2 Å². The molecule has 2 aromatic carbocycles. The first-order chi connectivity index (χ1) is 14.1. The van der Waals surface area contributed by atoms with Crippen LogP contribution in [0.2, 0.25) is 0 Å². The molecular weight excluding hydrogens is 369 g/mol. The van der Waals surface area contributed by atoms with Crippen LogP contribution in [0.3, 0.4) is 0 Å². The molecule has 1 saturated carbocycles. The summed E-state index contributed by atoms with van der Waals surface area (Å²) >= 11 is 0. The molecule has 154 valence electrons. The highest BCUT2D eigenvalue weighted by molar-refractivity contribution is 5.75. The van der Waals surface area contributed by atoms with Crippen molar-refractivity contribution in [3.05, 3.63) is 59.9 Å². The van der Waals surface area contributed by atoms with Gasteiger partial charge in [0.05, 0.1) is 12.3 Å². The van der Waals surface area contributed by atoms with E-state index in [-0.39, 0.29) is 17.3 Å². The molecule has 0 spiro atoms. The molecule has 2 fully saturated rings. The van der Waals surface area contributed by atoms with Crippen LogP contribution in [0.4, 0.5) is 14.9 Å². The molecule has 1 aliphatic heterocycles. The molecule has 2 amide bonds. The lowest BCUT2D eigenvalue weighted by atomic mass is 9.95. The summed E-state index contributed by atoms with van der Waals surface area (Å²) in [6.07, 6.45) is 1.83. The van der Waals surface area contributed by atoms with Crippen molar-refractivity contribution in [3.63, 3.8) is 0 Å². The fraction of sp³-hybridized carbons (Fsp3) is 0.435. The summed E-state index contributed by atoms with van der Waals surface area (Å²) in [5, 5.41) is 3.04. The number of piperazine rings is 1. The Balaban J connectivity index is 1.32. The molecule has 2 aliphatic rings. The van der Waals surface area contributed by atoms with E-state index in [0.717, 1.165) is 42.9 Å². The molecule has 0 aromatic heterocycles. The molecule has 0 atom stereocenters. The maximum absolute atomic E-state index is 14.2. The standard InChI is InChI=1S/C23H28FN3O2/c1-2-29-21-10-6-5-9-20(21)26-13-15-27(16-14-26)22(28)25-17-23(11-12-23)18-7-3-4-8-19(18)24/h3-10H,2,11-17H2,1H3,(H,25,28). The Morgan fingerprint density at radius 3 is 2.45 bits per heavy atom. The first-order valence-electron chi connectivity index (χ1n) is 10.4. The minimum atomic E-state index is -0.237.